The second kappa shape index (κ2) is 12.1. The number of anilines is 1. The molecule has 0 amide bonds. The molecule has 0 radical (unpaired) electrons. The fourth-order valence-corrected chi connectivity index (χ4v) is 1.12. The van der Waals surface area contributed by atoms with Gasteiger partial charge in [0.2, 0.25) is 0 Å². The van der Waals surface area contributed by atoms with Crippen molar-refractivity contribution in [1.82, 2.24) is 5.32 Å². The van der Waals surface area contributed by atoms with Gasteiger partial charge in [0.15, 0.2) is 0 Å². The first kappa shape index (κ1) is 17.4. The summed E-state index contributed by atoms with van der Waals surface area (Å²) in [6.07, 6.45) is 0. The van der Waals surface area contributed by atoms with E-state index in [2.05, 4.69) is 34.5 Å². The van der Waals surface area contributed by atoms with E-state index in [0.717, 1.165) is 6.54 Å². The zero-order valence-corrected chi connectivity index (χ0v) is 12.0. The Morgan fingerprint density at radius 1 is 0.938 bits per heavy atom. The van der Waals surface area contributed by atoms with Crippen LogP contribution in [-0.4, -0.2) is 21.1 Å². The SMILES string of the molecule is CC.CC.CNCc1ccc(N(C)C)cc1. The lowest BCUT2D eigenvalue weighted by atomic mass is 10.2. The molecule has 0 saturated heterocycles. The van der Waals surface area contributed by atoms with E-state index in [1.54, 1.807) is 0 Å². The lowest BCUT2D eigenvalue weighted by Gasteiger charge is -2.12. The maximum atomic E-state index is 3.12. The van der Waals surface area contributed by atoms with Crippen LogP contribution in [0.25, 0.3) is 0 Å². The van der Waals surface area contributed by atoms with E-state index in [1.807, 2.05) is 48.8 Å². The van der Waals surface area contributed by atoms with Crippen LogP contribution in [0.5, 0.6) is 0 Å². The molecule has 0 bridgehead atoms. The van der Waals surface area contributed by atoms with E-state index in [9.17, 15) is 0 Å². The Kier molecular flexibility index (Phi) is 13.1. The molecule has 1 rings (SSSR count). The zero-order chi connectivity index (χ0) is 13.0. The normalized spacial score (nSPS) is 8.19. The van der Waals surface area contributed by atoms with Crippen molar-refractivity contribution in [3.05, 3.63) is 29.8 Å². The van der Waals surface area contributed by atoms with E-state index in [1.165, 1.54) is 11.3 Å². The van der Waals surface area contributed by atoms with Crippen molar-refractivity contribution in [3.63, 3.8) is 0 Å². The monoisotopic (exact) mass is 224 g/mol. The molecule has 0 saturated carbocycles. The first-order valence-corrected chi connectivity index (χ1v) is 6.15. The Bertz CT molecular complexity index is 227. The van der Waals surface area contributed by atoms with Crippen molar-refractivity contribution in [2.75, 3.05) is 26.0 Å². The van der Waals surface area contributed by atoms with Gasteiger partial charge in [-0.15, -0.1) is 0 Å². The zero-order valence-electron chi connectivity index (χ0n) is 12.0. The summed E-state index contributed by atoms with van der Waals surface area (Å²) in [5, 5.41) is 3.12. The number of rotatable bonds is 3. The average Bonchev–Trinajstić information content (AvgIpc) is 2.35. The number of hydrogen-bond acceptors (Lipinski definition) is 2. The number of benzene rings is 1. The van der Waals surface area contributed by atoms with Gasteiger partial charge in [0.05, 0.1) is 0 Å². The highest BCUT2D eigenvalue weighted by molar-refractivity contribution is 5.45. The number of nitrogens with zero attached hydrogens (tertiary/aromatic N) is 1. The quantitative estimate of drug-likeness (QED) is 0.845. The van der Waals surface area contributed by atoms with Gasteiger partial charge in [-0.05, 0) is 24.7 Å². The van der Waals surface area contributed by atoms with Crippen LogP contribution in [0.2, 0.25) is 0 Å². The fourth-order valence-electron chi connectivity index (χ4n) is 1.12. The summed E-state index contributed by atoms with van der Waals surface area (Å²) in [4.78, 5) is 2.10. The Balaban J connectivity index is 0. The molecule has 0 spiro atoms. The minimum Gasteiger partial charge on any atom is -0.378 e. The minimum atomic E-state index is 0.938. The molecule has 1 aromatic rings. The molecule has 1 N–H and O–H groups in total. The fraction of sp³-hybridized carbons (Fsp3) is 0.571. The highest BCUT2D eigenvalue weighted by Crippen LogP contribution is 2.11. The molecule has 1 aromatic carbocycles. The maximum absolute atomic E-state index is 3.12. The van der Waals surface area contributed by atoms with Crippen molar-refractivity contribution in [3.8, 4) is 0 Å². The summed E-state index contributed by atoms with van der Waals surface area (Å²) in [6, 6.07) is 8.55. The van der Waals surface area contributed by atoms with Gasteiger partial charge in [-0.2, -0.15) is 0 Å². The van der Waals surface area contributed by atoms with E-state index in [-0.39, 0.29) is 0 Å². The Morgan fingerprint density at radius 2 is 1.38 bits per heavy atom. The highest BCUT2D eigenvalue weighted by Gasteiger charge is 1.94. The van der Waals surface area contributed by atoms with Gasteiger partial charge in [-0.1, -0.05) is 39.8 Å². The van der Waals surface area contributed by atoms with Crippen LogP contribution in [0.3, 0.4) is 0 Å². The maximum Gasteiger partial charge on any atom is 0.0361 e. The van der Waals surface area contributed by atoms with Crippen LogP contribution < -0.4 is 10.2 Å². The van der Waals surface area contributed by atoms with Crippen LogP contribution in [0.4, 0.5) is 5.69 Å². The first-order chi connectivity index (χ1) is 7.74. The van der Waals surface area contributed by atoms with Crippen LogP contribution >= 0.6 is 0 Å². The van der Waals surface area contributed by atoms with Crippen molar-refractivity contribution in [2.45, 2.75) is 34.2 Å². The van der Waals surface area contributed by atoms with E-state index < -0.39 is 0 Å². The molecule has 0 aliphatic heterocycles. The van der Waals surface area contributed by atoms with Gasteiger partial charge < -0.3 is 10.2 Å². The molecule has 0 heterocycles. The van der Waals surface area contributed by atoms with Gasteiger partial charge in [0.1, 0.15) is 0 Å². The van der Waals surface area contributed by atoms with Gasteiger partial charge in [0.25, 0.3) is 0 Å². The minimum absolute atomic E-state index is 0.938. The first-order valence-electron chi connectivity index (χ1n) is 6.15. The highest BCUT2D eigenvalue weighted by atomic mass is 15.1. The molecular formula is C14H28N2. The summed E-state index contributed by atoms with van der Waals surface area (Å²) >= 11 is 0. The van der Waals surface area contributed by atoms with Crippen LogP contribution in [0.15, 0.2) is 24.3 Å². The van der Waals surface area contributed by atoms with Crippen molar-refractivity contribution < 1.29 is 0 Å². The summed E-state index contributed by atoms with van der Waals surface area (Å²) in [7, 11) is 6.06. The van der Waals surface area contributed by atoms with Crippen LogP contribution in [0, 0.1) is 0 Å². The summed E-state index contributed by atoms with van der Waals surface area (Å²) in [5.41, 5.74) is 2.57. The third-order valence-corrected chi connectivity index (χ3v) is 1.83. The van der Waals surface area contributed by atoms with Crippen molar-refractivity contribution >= 4 is 5.69 Å². The molecule has 94 valence electrons. The molecule has 0 fully saturated rings. The summed E-state index contributed by atoms with van der Waals surface area (Å²) in [5.74, 6) is 0. The Labute approximate surface area is 102 Å². The second-order valence-corrected chi connectivity index (χ2v) is 3.09. The lowest BCUT2D eigenvalue weighted by molar-refractivity contribution is 0.818. The van der Waals surface area contributed by atoms with Crippen molar-refractivity contribution in [1.29, 1.82) is 0 Å². The average molecular weight is 224 g/mol. The largest absolute Gasteiger partial charge is 0.378 e. The molecule has 0 atom stereocenters. The Morgan fingerprint density at radius 3 is 1.69 bits per heavy atom. The summed E-state index contributed by atoms with van der Waals surface area (Å²) < 4.78 is 0. The third kappa shape index (κ3) is 7.30. The predicted octanol–water partition coefficient (Wildman–Crippen LogP) is 3.52. The van der Waals surface area contributed by atoms with E-state index in [4.69, 9.17) is 0 Å². The molecule has 0 aliphatic carbocycles. The molecule has 0 aliphatic rings. The topological polar surface area (TPSA) is 15.3 Å². The number of hydrogen-bond donors (Lipinski definition) is 1. The van der Waals surface area contributed by atoms with E-state index in [0.29, 0.717) is 0 Å². The van der Waals surface area contributed by atoms with Gasteiger partial charge >= 0.3 is 0 Å². The van der Waals surface area contributed by atoms with Crippen LogP contribution in [0.1, 0.15) is 33.3 Å². The van der Waals surface area contributed by atoms with Crippen LogP contribution in [-0.2, 0) is 6.54 Å². The third-order valence-electron chi connectivity index (χ3n) is 1.83. The molecule has 2 nitrogen and oxygen atoms in total. The second-order valence-electron chi connectivity index (χ2n) is 3.09. The standard InChI is InChI=1S/C10H16N2.2C2H6/c1-11-8-9-4-6-10(7-5-9)12(2)3;2*1-2/h4-7,11H,8H2,1-3H3;2*1-2H3. The molecule has 0 aromatic heterocycles. The van der Waals surface area contributed by atoms with Crippen molar-refractivity contribution in [2.24, 2.45) is 0 Å². The molecular weight excluding hydrogens is 196 g/mol. The van der Waals surface area contributed by atoms with Gasteiger partial charge in [-0.25, -0.2) is 0 Å². The molecule has 0 unspecified atom stereocenters. The van der Waals surface area contributed by atoms with E-state index >= 15 is 0 Å². The molecule has 16 heavy (non-hydrogen) atoms. The smallest absolute Gasteiger partial charge is 0.0361 e. The number of nitrogens with one attached hydrogen (secondary N) is 1. The predicted molar refractivity (Wildman–Crippen MR) is 76.2 cm³/mol. The lowest BCUT2D eigenvalue weighted by Crippen LogP contribution is -2.09. The van der Waals surface area contributed by atoms with Gasteiger partial charge in [0, 0.05) is 26.3 Å². The molecule has 2 heteroatoms. The van der Waals surface area contributed by atoms with Gasteiger partial charge in [-0.3, -0.25) is 0 Å². The summed E-state index contributed by atoms with van der Waals surface area (Å²) in [6.45, 7) is 8.94. The Hall–Kier alpha value is -1.02.